The average molecular weight is 279 g/mol. The monoisotopic (exact) mass is 279 g/mol. The molecule has 1 heterocycles. The fraction of sp³-hybridized carbons (Fsp3) is 0.733. The predicted octanol–water partition coefficient (Wildman–Crippen LogP) is 2.13. The van der Waals surface area contributed by atoms with Gasteiger partial charge in [-0.25, -0.2) is 0 Å². The summed E-state index contributed by atoms with van der Waals surface area (Å²) in [6, 6.07) is 2.01. The van der Waals surface area contributed by atoms with Gasteiger partial charge in [0.2, 0.25) is 0 Å². The Kier molecular flexibility index (Phi) is 5.17. The lowest BCUT2D eigenvalue weighted by molar-refractivity contribution is 0.0902. The second-order valence-corrected chi connectivity index (χ2v) is 6.10. The van der Waals surface area contributed by atoms with Crippen LogP contribution in [0.3, 0.4) is 0 Å². The van der Waals surface area contributed by atoms with E-state index in [1.165, 1.54) is 12.8 Å². The van der Waals surface area contributed by atoms with Crippen LogP contribution in [0.25, 0.3) is 0 Å². The maximum atomic E-state index is 12.1. The van der Waals surface area contributed by atoms with E-state index >= 15 is 0 Å². The highest BCUT2D eigenvalue weighted by Crippen LogP contribution is 2.28. The smallest absolute Gasteiger partial charge is 0.272 e. The summed E-state index contributed by atoms with van der Waals surface area (Å²) in [5, 5.41) is 16.5. The lowest BCUT2D eigenvalue weighted by Crippen LogP contribution is -2.38. The van der Waals surface area contributed by atoms with Crippen LogP contribution in [0.15, 0.2) is 12.3 Å². The Labute approximate surface area is 120 Å². The van der Waals surface area contributed by atoms with E-state index in [0.717, 1.165) is 19.3 Å². The molecule has 2 rings (SSSR count). The van der Waals surface area contributed by atoms with Gasteiger partial charge in [0.1, 0.15) is 5.69 Å². The van der Waals surface area contributed by atoms with Gasteiger partial charge in [0.25, 0.3) is 5.91 Å². The Hall–Kier alpha value is -1.36. The Balaban J connectivity index is 1.94. The molecule has 1 saturated carbocycles. The second-order valence-electron chi connectivity index (χ2n) is 6.10. The molecule has 1 aliphatic carbocycles. The number of nitrogens with one attached hydrogen (secondary N) is 1. The summed E-state index contributed by atoms with van der Waals surface area (Å²) in [7, 11) is 0. The number of nitrogens with zero attached hydrogens (tertiary/aromatic N) is 2. The van der Waals surface area contributed by atoms with E-state index in [1.54, 1.807) is 6.07 Å². The molecular formula is C15H25N3O2. The van der Waals surface area contributed by atoms with Crippen molar-refractivity contribution in [2.24, 2.45) is 5.92 Å². The first-order valence-electron chi connectivity index (χ1n) is 7.57. The molecule has 1 amide bonds. The molecule has 0 saturated heterocycles. The molecule has 20 heavy (non-hydrogen) atoms. The van der Waals surface area contributed by atoms with Gasteiger partial charge in [-0.3, -0.25) is 9.48 Å². The Morgan fingerprint density at radius 1 is 1.50 bits per heavy atom. The zero-order valence-electron chi connectivity index (χ0n) is 12.4. The predicted molar refractivity (Wildman–Crippen MR) is 77.5 cm³/mol. The topological polar surface area (TPSA) is 67.2 Å². The molecule has 0 bridgehead atoms. The third-order valence-corrected chi connectivity index (χ3v) is 3.85. The number of amides is 1. The van der Waals surface area contributed by atoms with Crippen molar-refractivity contribution in [3.05, 3.63) is 18.0 Å². The standard InChI is InChI=1S/C15H25N3O2/c1-11(2)9-12(10-19)16-15(20)14-7-8-18(17-14)13-5-3-4-6-13/h7-8,11-13,19H,3-6,9-10H2,1-2H3,(H,16,20). The van der Waals surface area contributed by atoms with Crippen molar-refractivity contribution in [1.29, 1.82) is 0 Å². The van der Waals surface area contributed by atoms with Crippen LogP contribution < -0.4 is 5.32 Å². The van der Waals surface area contributed by atoms with Gasteiger partial charge in [-0.05, 0) is 31.2 Å². The molecule has 1 aliphatic rings. The molecule has 0 radical (unpaired) electrons. The first kappa shape index (κ1) is 15.0. The van der Waals surface area contributed by atoms with E-state index in [1.807, 2.05) is 10.9 Å². The quantitative estimate of drug-likeness (QED) is 0.838. The van der Waals surface area contributed by atoms with Crippen LogP contribution in [0, 0.1) is 5.92 Å². The number of carbonyl (C=O) groups excluding carboxylic acids is 1. The van der Waals surface area contributed by atoms with Crippen molar-refractivity contribution in [1.82, 2.24) is 15.1 Å². The molecule has 5 heteroatoms. The summed E-state index contributed by atoms with van der Waals surface area (Å²) in [5.41, 5.74) is 0.444. The van der Waals surface area contributed by atoms with Crippen LogP contribution >= 0.6 is 0 Å². The van der Waals surface area contributed by atoms with Gasteiger partial charge in [0.15, 0.2) is 0 Å². The van der Waals surface area contributed by atoms with Crippen molar-refractivity contribution in [2.75, 3.05) is 6.61 Å². The third-order valence-electron chi connectivity index (χ3n) is 3.85. The van der Waals surface area contributed by atoms with E-state index in [0.29, 0.717) is 17.7 Å². The lowest BCUT2D eigenvalue weighted by atomic mass is 10.0. The molecule has 0 aromatic carbocycles. The van der Waals surface area contributed by atoms with E-state index in [4.69, 9.17) is 0 Å². The lowest BCUT2D eigenvalue weighted by Gasteiger charge is -2.17. The number of hydrogen-bond donors (Lipinski definition) is 2. The SMILES string of the molecule is CC(C)CC(CO)NC(=O)c1ccn(C2CCCC2)n1. The Bertz CT molecular complexity index is 436. The summed E-state index contributed by atoms with van der Waals surface area (Å²) >= 11 is 0. The molecular weight excluding hydrogens is 254 g/mol. The van der Waals surface area contributed by atoms with Gasteiger partial charge in [-0.15, -0.1) is 0 Å². The minimum absolute atomic E-state index is 0.0345. The molecule has 112 valence electrons. The van der Waals surface area contributed by atoms with Crippen molar-refractivity contribution in [3.8, 4) is 0 Å². The first-order valence-corrected chi connectivity index (χ1v) is 7.57. The van der Waals surface area contributed by atoms with Crippen molar-refractivity contribution >= 4 is 5.91 Å². The number of aliphatic hydroxyl groups is 1. The molecule has 0 aliphatic heterocycles. The van der Waals surface area contributed by atoms with Crippen LogP contribution in [0.5, 0.6) is 0 Å². The maximum Gasteiger partial charge on any atom is 0.272 e. The highest BCUT2D eigenvalue weighted by Gasteiger charge is 2.20. The van der Waals surface area contributed by atoms with Crippen LogP contribution in [0.2, 0.25) is 0 Å². The van der Waals surface area contributed by atoms with Crippen LogP contribution in [-0.2, 0) is 0 Å². The van der Waals surface area contributed by atoms with Gasteiger partial charge in [0.05, 0.1) is 18.7 Å². The van der Waals surface area contributed by atoms with E-state index < -0.39 is 0 Å². The van der Waals surface area contributed by atoms with E-state index in [9.17, 15) is 9.90 Å². The average Bonchev–Trinajstić information content (AvgIpc) is 3.07. The summed E-state index contributed by atoms with van der Waals surface area (Å²) in [6.45, 7) is 4.11. The van der Waals surface area contributed by atoms with Gasteiger partial charge in [0, 0.05) is 6.20 Å². The summed E-state index contributed by atoms with van der Waals surface area (Å²) < 4.78 is 1.91. The third kappa shape index (κ3) is 3.82. The Morgan fingerprint density at radius 3 is 2.80 bits per heavy atom. The van der Waals surface area contributed by atoms with Gasteiger partial charge in [-0.2, -0.15) is 5.10 Å². The van der Waals surface area contributed by atoms with Crippen LogP contribution in [-0.4, -0.2) is 33.4 Å². The fourth-order valence-electron chi connectivity index (χ4n) is 2.84. The van der Waals surface area contributed by atoms with Gasteiger partial charge < -0.3 is 10.4 Å². The molecule has 0 spiro atoms. The Morgan fingerprint density at radius 2 is 2.20 bits per heavy atom. The van der Waals surface area contributed by atoms with Crippen molar-refractivity contribution in [3.63, 3.8) is 0 Å². The zero-order chi connectivity index (χ0) is 14.5. The highest BCUT2D eigenvalue weighted by atomic mass is 16.3. The first-order chi connectivity index (χ1) is 9.60. The molecule has 5 nitrogen and oxygen atoms in total. The number of carbonyl (C=O) groups is 1. The van der Waals surface area contributed by atoms with Crippen LogP contribution in [0.1, 0.15) is 62.5 Å². The van der Waals surface area contributed by atoms with E-state index in [-0.39, 0.29) is 18.6 Å². The van der Waals surface area contributed by atoms with Gasteiger partial charge >= 0.3 is 0 Å². The molecule has 2 N–H and O–H groups in total. The molecule has 1 unspecified atom stereocenters. The highest BCUT2D eigenvalue weighted by molar-refractivity contribution is 5.92. The fourth-order valence-corrected chi connectivity index (χ4v) is 2.84. The minimum Gasteiger partial charge on any atom is -0.394 e. The summed E-state index contributed by atoms with van der Waals surface area (Å²) in [4.78, 5) is 12.1. The normalized spacial score (nSPS) is 17.6. The number of hydrogen-bond acceptors (Lipinski definition) is 3. The molecule has 1 aromatic rings. The number of rotatable bonds is 6. The van der Waals surface area contributed by atoms with Crippen molar-refractivity contribution < 1.29 is 9.90 Å². The molecule has 1 aromatic heterocycles. The molecule has 1 atom stereocenters. The number of aromatic nitrogens is 2. The zero-order valence-corrected chi connectivity index (χ0v) is 12.4. The van der Waals surface area contributed by atoms with Crippen molar-refractivity contribution in [2.45, 2.75) is 58.0 Å². The summed E-state index contributed by atoms with van der Waals surface area (Å²) in [5.74, 6) is 0.241. The molecule has 1 fully saturated rings. The summed E-state index contributed by atoms with van der Waals surface area (Å²) in [6.07, 6.45) is 7.44. The number of aliphatic hydroxyl groups excluding tert-OH is 1. The minimum atomic E-state index is -0.195. The van der Waals surface area contributed by atoms with Crippen LogP contribution in [0.4, 0.5) is 0 Å². The second kappa shape index (κ2) is 6.88. The maximum absolute atomic E-state index is 12.1. The largest absolute Gasteiger partial charge is 0.394 e. The van der Waals surface area contributed by atoms with Gasteiger partial charge in [-0.1, -0.05) is 26.7 Å². The van der Waals surface area contributed by atoms with E-state index in [2.05, 4.69) is 24.3 Å².